The Labute approximate surface area is 114 Å². The van der Waals surface area contributed by atoms with E-state index in [1.165, 1.54) is 12.8 Å². The Hall–Kier alpha value is -1.55. The minimum Gasteiger partial charge on any atom is -0.496 e. The van der Waals surface area contributed by atoms with Gasteiger partial charge >= 0.3 is 5.97 Å². The number of carboxylic acids is 1. The van der Waals surface area contributed by atoms with Crippen molar-refractivity contribution < 1.29 is 14.6 Å². The molecule has 0 radical (unpaired) electrons. The first-order valence-electron chi connectivity index (χ1n) is 6.76. The molecular weight excluding hydrogens is 242 g/mol. The Kier molecular flexibility index (Phi) is 4.43. The first kappa shape index (κ1) is 13.9. The molecule has 1 unspecified atom stereocenters. The standard InChI is InChI=1S/C15H21NO3/c1-3-11-6-7-16(9-11)10-13-8-12(15(17)18)4-5-14(13)19-2/h4-5,8,11H,3,6-7,9-10H2,1-2H3,(H,17,18). The summed E-state index contributed by atoms with van der Waals surface area (Å²) in [6.07, 6.45) is 2.44. The maximum Gasteiger partial charge on any atom is 0.335 e. The van der Waals surface area contributed by atoms with Gasteiger partial charge in [0.2, 0.25) is 0 Å². The predicted octanol–water partition coefficient (Wildman–Crippen LogP) is 2.63. The van der Waals surface area contributed by atoms with Gasteiger partial charge in [-0.05, 0) is 37.1 Å². The molecule has 1 atom stereocenters. The zero-order chi connectivity index (χ0) is 13.8. The molecule has 1 aromatic carbocycles. The second kappa shape index (κ2) is 6.06. The Bertz CT molecular complexity index is 459. The van der Waals surface area contributed by atoms with Gasteiger partial charge in [0, 0.05) is 18.7 Å². The van der Waals surface area contributed by atoms with E-state index in [-0.39, 0.29) is 0 Å². The molecule has 1 aliphatic heterocycles. The van der Waals surface area contributed by atoms with Crippen LogP contribution in [0.1, 0.15) is 35.7 Å². The van der Waals surface area contributed by atoms with Gasteiger partial charge in [0.15, 0.2) is 0 Å². The Morgan fingerprint density at radius 2 is 2.32 bits per heavy atom. The van der Waals surface area contributed by atoms with Gasteiger partial charge in [0.1, 0.15) is 5.75 Å². The van der Waals surface area contributed by atoms with Gasteiger partial charge in [-0.15, -0.1) is 0 Å². The number of methoxy groups -OCH3 is 1. The van der Waals surface area contributed by atoms with E-state index in [4.69, 9.17) is 9.84 Å². The van der Waals surface area contributed by atoms with Crippen molar-refractivity contribution in [2.24, 2.45) is 5.92 Å². The van der Waals surface area contributed by atoms with Crippen LogP contribution in [-0.2, 0) is 6.54 Å². The molecule has 0 bridgehead atoms. The molecule has 1 saturated heterocycles. The van der Waals surface area contributed by atoms with Gasteiger partial charge in [-0.3, -0.25) is 4.90 Å². The molecule has 1 aromatic rings. The molecule has 1 N–H and O–H groups in total. The van der Waals surface area contributed by atoms with Crippen molar-refractivity contribution in [1.82, 2.24) is 4.90 Å². The lowest BCUT2D eigenvalue weighted by molar-refractivity contribution is 0.0696. The normalized spacial score (nSPS) is 19.6. The highest BCUT2D eigenvalue weighted by atomic mass is 16.5. The molecule has 0 saturated carbocycles. The summed E-state index contributed by atoms with van der Waals surface area (Å²) in [7, 11) is 1.62. The summed E-state index contributed by atoms with van der Waals surface area (Å²) in [6.45, 7) is 5.16. The van der Waals surface area contributed by atoms with Gasteiger partial charge in [-0.1, -0.05) is 13.3 Å². The highest BCUT2D eigenvalue weighted by Crippen LogP contribution is 2.26. The third-order valence-corrected chi connectivity index (χ3v) is 3.87. The highest BCUT2D eigenvalue weighted by Gasteiger charge is 2.22. The third-order valence-electron chi connectivity index (χ3n) is 3.87. The van der Waals surface area contributed by atoms with Crippen LogP contribution in [-0.4, -0.2) is 36.2 Å². The van der Waals surface area contributed by atoms with Crippen LogP contribution in [0.4, 0.5) is 0 Å². The van der Waals surface area contributed by atoms with E-state index in [2.05, 4.69) is 11.8 Å². The maximum atomic E-state index is 11.0. The third kappa shape index (κ3) is 3.26. The first-order valence-corrected chi connectivity index (χ1v) is 6.76. The summed E-state index contributed by atoms with van der Waals surface area (Å²) < 4.78 is 5.32. The molecule has 0 aromatic heterocycles. The Morgan fingerprint density at radius 1 is 1.53 bits per heavy atom. The summed E-state index contributed by atoms with van der Waals surface area (Å²) in [5.41, 5.74) is 1.28. The van der Waals surface area contributed by atoms with Gasteiger partial charge in [0.25, 0.3) is 0 Å². The SMILES string of the molecule is CCC1CCN(Cc2cc(C(=O)O)ccc2OC)C1. The van der Waals surface area contributed by atoms with Crippen molar-refractivity contribution in [2.45, 2.75) is 26.3 Å². The minimum atomic E-state index is -0.892. The molecule has 1 heterocycles. The fraction of sp³-hybridized carbons (Fsp3) is 0.533. The van der Waals surface area contributed by atoms with Crippen molar-refractivity contribution in [3.05, 3.63) is 29.3 Å². The van der Waals surface area contributed by atoms with Crippen molar-refractivity contribution in [1.29, 1.82) is 0 Å². The van der Waals surface area contributed by atoms with Gasteiger partial charge in [0.05, 0.1) is 12.7 Å². The summed E-state index contributed by atoms with van der Waals surface area (Å²) in [4.78, 5) is 13.4. The number of hydrogen-bond acceptors (Lipinski definition) is 3. The largest absolute Gasteiger partial charge is 0.496 e. The first-order chi connectivity index (χ1) is 9.13. The number of nitrogens with zero attached hydrogens (tertiary/aromatic N) is 1. The molecule has 19 heavy (non-hydrogen) atoms. The number of likely N-dealkylation sites (tertiary alicyclic amines) is 1. The van der Waals surface area contributed by atoms with Crippen LogP contribution < -0.4 is 4.74 Å². The molecular formula is C15H21NO3. The molecule has 4 heteroatoms. The van der Waals surface area contributed by atoms with Crippen LogP contribution in [0.3, 0.4) is 0 Å². The van der Waals surface area contributed by atoms with Crippen molar-refractivity contribution in [3.63, 3.8) is 0 Å². The van der Waals surface area contributed by atoms with E-state index in [0.717, 1.165) is 36.9 Å². The zero-order valence-electron chi connectivity index (χ0n) is 11.6. The Balaban J connectivity index is 2.14. The number of benzene rings is 1. The molecule has 0 amide bonds. The Morgan fingerprint density at radius 3 is 2.89 bits per heavy atom. The molecule has 1 fully saturated rings. The van der Waals surface area contributed by atoms with E-state index in [0.29, 0.717) is 5.56 Å². The average molecular weight is 263 g/mol. The van der Waals surface area contributed by atoms with Crippen LogP contribution >= 0.6 is 0 Å². The zero-order valence-corrected chi connectivity index (χ0v) is 11.6. The number of ether oxygens (including phenoxy) is 1. The van der Waals surface area contributed by atoms with Crippen molar-refractivity contribution in [2.75, 3.05) is 20.2 Å². The van der Waals surface area contributed by atoms with Crippen molar-refractivity contribution in [3.8, 4) is 5.75 Å². The van der Waals surface area contributed by atoms with Crippen molar-refractivity contribution >= 4 is 5.97 Å². The van der Waals surface area contributed by atoms with E-state index < -0.39 is 5.97 Å². The van der Waals surface area contributed by atoms with E-state index in [1.807, 2.05) is 0 Å². The van der Waals surface area contributed by atoms with Crippen LogP contribution in [0, 0.1) is 5.92 Å². The number of hydrogen-bond donors (Lipinski definition) is 1. The molecule has 0 aliphatic carbocycles. The molecule has 4 nitrogen and oxygen atoms in total. The van der Waals surface area contributed by atoms with E-state index in [9.17, 15) is 4.79 Å². The number of carbonyl (C=O) groups is 1. The number of aromatic carboxylic acids is 1. The fourth-order valence-electron chi connectivity index (χ4n) is 2.67. The monoisotopic (exact) mass is 263 g/mol. The summed E-state index contributed by atoms with van der Waals surface area (Å²) in [5.74, 6) is 0.648. The number of carboxylic acid groups (broad SMARTS) is 1. The van der Waals surface area contributed by atoms with Crippen LogP contribution in [0.2, 0.25) is 0 Å². The molecule has 2 rings (SSSR count). The summed E-state index contributed by atoms with van der Waals surface area (Å²) in [5, 5.41) is 9.06. The van der Waals surface area contributed by atoms with Gasteiger partial charge < -0.3 is 9.84 Å². The van der Waals surface area contributed by atoms with Gasteiger partial charge in [-0.25, -0.2) is 4.79 Å². The summed E-state index contributed by atoms with van der Waals surface area (Å²) in [6, 6.07) is 5.05. The van der Waals surface area contributed by atoms with Crippen LogP contribution in [0.25, 0.3) is 0 Å². The maximum absolute atomic E-state index is 11.0. The summed E-state index contributed by atoms with van der Waals surface area (Å²) >= 11 is 0. The van der Waals surface area contributed by atoms with Gasteiger partial charge in [-0.2, -0.15) is 0 Å². The highest BCUT2D eigenvalue weighted by molar-refractivity contribution is 5.88. The molecule has 1 aliphatic rings. The van der Waals surface area contributed by atoms with E-state index >= 15 is 0 Å². The smallest absolute Gasteiger partial charge is 0.335 e. The average Bonchev–Trinajstić information content (AvgIpc) is 2.86. The fourth-order valence-corrected chi connectivity index (χ4v) is 2.67. The quantitative estimate of drug-likeness (QED) is 0.887. The lowest BCUT2D eigenvalue weighted by Crippen LogP contribution is -2.20. The number of rotatable bonds is 5. The molecule has 104 valence electrons. The van der Waals surface area contributed by atoms with Crippen LogP contribution in [0.15, 0.2) is 18.2 Å². The second-order valence-corrected chi connectivity index (χ2v) is 5.13. The molecule has 0 spiro atoms. The lowest BCUT2D eigenvalue weighted by atomic mass is 10.1. The lowest BCUT2D eigenvalue weighted by Gasteiger charge is -2.18. The predicted molar refractivity (Wildman–Crippen MR) is 73.6 cm³/mol. The minimum absolute atomic E-state index is 0.321. The van der Waals surface area contributed by atoms with E-state index in [1.54, 1.807) is 25.3 Å². The van der Waals surface area contributed by atoms with Crippen LogP contribution in [0.5, 0.6) is 5.75 Å². The topological polar surface area (TPSA) is 49.8 Å². The second-order valence-electron chi connectivity index (χ2n) is 5.13.